The maximum Gasteiger partial charge on any atom is 0.141 e. The molecule has 7 aromatic rings. The summed E-state index contributed by atoms with van der Waals surface area (Å²) >= 11 is 0. The average molecular weight is 388 g/mol. The summed E-state index contributed by atoms with van der Waals surface area (Å²) in [6, 6.07) is 29.4. The van der Waals surface area contributed by atoms with Crippen molar-refractivity contribution in [2.45, 2.75) is 0 Å². The van der Waals surface area contributed by atoms with Gasteiger partial charge in [-0.1, -0.05) is 30.3 Å². The predicted octanol–water partition coefficient (Wildman–Crippen LogP) is 4.87. The van der Waals surface area contributed by atoms with Gasteiger partial charge in [0.05, 0.1) is 34.5 Å². The summed E-state index contributed by atoms with van der Waals surface area (Å²) in [6.07, 6.45) is 3.69. The number of fused-ring (bicyclic) bond motifs is 6. The van der Waals surface area contributed by atoms with Crippen LogP contribution in [0.5, 0.6) is 0 Å². The molecule has 30 heavy (non-hydrogen) atoms. The largest absolute Gasteiger partial charge is 0.293 e. The molecular formula is C24H16N6. The van der Waals surface area contributed by atoms with Crippen LogP contribution in [0.4, 0.5) is 0 Å². The standard InChI is InChI=1S/C24H16N6/c1-3-10-21-19(8-1)27(23-12-14-25-29(21)23)17-6-5-7-18(16-17)28-20-9-2-4-11-22(20)30-24(28)13-15-26-30/h1-16H. The molecule has 0 radical (unpaired) electrons. The second-order valence-corrected chi connectivity index (χ2v) is 7.37. The first-order valence-corrected chi connectivity index (χ1v) is 9.87. The first-order valence-electron chi connectivity index (χ1n) is 9.87. The minimum Gasteiger partial charge on any atom is -0.293 e. The van der Waals surface area contributed by atoms with Crippen molar-refractivity contribution in [2.24, 2.45) is 0 Å². The molecule has 0 saturated heterocycles. The van der Waals surface area contributed by atoms with Gasteiger partial charge in [-0.2, -0.15) is 10.2 Å². The van der Waals surface area contributed by atoms with Gasteiger partial charge >= 0.3 is 0 Å². The molecule has 0 amide bonds. The zero-order valence-corrected chi connectivity index (χ0v) is 15.9. The molecule has 142 valence electrons. The lowest BCUT2D eigenvalue weighted by Gasteiger charge is -2.10. The number of para-hydroxylation sites is 4. The Kier molecular flexibility index (Phi) is 2.91. The molecule has 3 aromatic carbocycles. The van der Waals surface area contributed by atoms with Crippen molar-refractivity contribution in [2.75, 3.05) is 0 Å². The van der Waals surface area contributed by atoms with Crippen LogP contribution in [0.25, 0.3) is 44.7 Å². The van der Waals surface area contributed by atoms with E-state index in [1.807, 2.05) is 45.7 Å². The summed E-state index contributed by atoms with van der Waals surface area (Å²) in [7, 11) is 0. The van der Waals surface area contributed by atoms with E-state index < -0.39 is 0 Å². The molecule has 0 unspecified atom stereocenters. The van der Waals surface area contributed by atoms with E-state index >= 15 is 0 Å². The minimum atomic E-state index is 1.04. The molecule has 0 aliphatic heterocycles. The molecule has 6 nitrogen and oxygen atoms in total. The summed E-state index contributed by atoms with van der Waals surface area (Å²) < 4.78 is 8.49. The van der Waals surface area contributed by atoms with E-state index in [0.717, 1.165) is 44.7 Å². The van der Waals surface area contributed by atoms with Crippen LogP contribution in [-0.2, 0) is 0 Å². The Hall–Kier alpha value is -4.32. The van der Waals surface area contributed by atoms with Crippen molar-refractivity contribution in [1.29, 1.82) is 0 Å². The second kappa shape index (κ2) is 5.61. The second-order valence-electron chi connectivity index (χ2n) is 7.37. The van der Waals surface area contributed by atoms with Crippen molar-refractivity contribution in [3.8, 4) is 11.4 Å². The highest BCUT2D eigenvalue weighted by Gasteiger charge is 2.15. The van der Waals surface area contributed by atoms with E-state index in [0.29, 0.717) is 0 Å². The zero-order valence-electron chi connectivity index (χ0n) is 15.9. The number of hydrogen-bond donors (Lipinski definition) is 0. The molecule has 7 rings (SSSR count). The van der Waals surface area contributed by atoms with E-state index in [4.69, 9.17) is 0 Å². The molecule has 0 aliphatic carbocycles. The number of hydrogen-bond acceptors (Lipinski definition) is 2. The molecule has 0 bridgehead atoms. The molecule has 0 N–H and O–H groups in total. The van der Waals surface area contributed by atoms with Crippen molar-refractivity contribution in [3.05, 3.63) is 97.3 Å². The van der Waals surface area contributed by atoms with Gasteiger partial charge in [0.1, 0.15) is 11.3 Å². The molecule has 0 fully saturated rings. The molecule has 0 spiro atoms. The highest BCUT2D eigenvalue weighted by Crippen LogP contribution is 2.29. The van der Waals surface area contributed by atoms with Gasteiger partial charge in [0.2, 0.25) is 0 Å². The Bertz CT molecular complexity index is 1580. The van der Waals surface area contributed by atoms with Gasteiger partial charge in [0.25, 0.3) is 0 Å². The van der Waals surface area contributed by atoms with Crippen molar-refractivity contribution >= 4 is 33.4 Å². The van der Waals surface area contributed by atoms with Crippen LogP contribution < -0.4 is 0 Å². The third kappa shape index (κ3) is 1.92. The van der Waals surface area contributed by atoms with Crippen LogP contribution in [0.15, 0.2) is 97.3 Å². The highest BCUT2D eigenvalue weighted by atomic mass is 15.3. The van der Waals surface area contributed by atoms with Gasteiger partial charge in [-0.05, 0) is 42.5 Å². The van der Waals surface area contributed by atoms with Crippen LogP contribution in [0.2, 0.25) is 0 Å². The first kappa shape index (κ1) is 15.6. The monoisotopic (exact) mass is 388 g/mol. The zero-order chi connectivity index (χ0) is 19.7. The predicted molar refractivity (Wildman–Crippen MR) is 118 cm³/mol. The number of benzene rings is 3. The number of imidazole rings is 2. The normalized spacial score (nSPS) is 12.0. The molecule has 6 heteroatoms. The summed E-state index contributed by atoms with van der Waals surface area (Å²) in [5.41, 5.74) is 8.71. The molecule has 4 heterocycles. The van der Waals surface area contributed by atoms with E-state index in [1.54, 1.807) is 0 Å². The third-order valence-electron chi connectivity index (χ3n) is 5.75. The molecule has 0 saturated carbocycles. The smallest absolute Gasteiger partial charge is 0.141 e. The summed E-state index contributed by atoms with van der Waals surface area (Å²) in [5.74, 6) is 0. The van der Waals surface area contributed by atoms with E-state index in [2.05, 4.69) is 80.0 Å². The topological polar surface area (TPSA) is 44.5 Å². The maximum atomic E-state index is 4.52. The number of aromatic nitrogens is 6. The Morgan fingerprint density at radius 2 is 0.933 bits per heavy atom. The van der Waals surface area contributed by atoms with Crippen molar-refractivity contribution in [1.82, 2.24) is 28.4 Å². The van der Waals surface area contributed by atoms with Crippen LogP contribution >= 0.6 is 0 Å². The average Bonchev–Trinajstić information content (AvgIpc) is 3.54. The Morgan fingerprint density at radius 1 is 0.467 bits per heavy atom. The number of rotatable bonds is 2. The van der Waals surface area contributed by atoms with Gasteiger partial charge in [0.15, 0.2) is 0 Å². The fourth-order valence-corrected chi connectivity index (χ4v) is 4.53. The molecule has 0 aliphatic rings. The minimum absolute atomic E-state index is 1.04. The number of nitrogens with zero attached hydrogens (tertiary/aromatic N) is 6. The Morgan fingerprint density at radius 3 is 1.43 bits per heavy atom. The van der Waals surface area contributed by atoms with E-state index in [-0.39, 0.29) is 0 Å². The van der Waals surface area contributed by atoms with Crippen molar-refractivity contribution in [3.63, 3.8) is 0 Å². The summed E-state index contributed by atoms with van der Waals surface area (Å²) in [5, 5.41) is 9.04. The fraction of sp³-hybridized carbons (Fsp3) is 0. The summed E-state index contributed by atoms with van der Waals surface area (Å²) in [6.45, 7) is 0. The first-order chi connectivity index (χ1) is 14.9. The van der Waals surface area contributed by atoms with Crippen molar-refractivity contribution < 1.29 is 0 Å². The lowest BCUT2D eigenvalue weighted by atomic mass is 10.2. The van der Waals surface area contributed by atoms with E-state index in [1.165, 1.54) is 0 Å². The third-order valence-corrected chi connectivity index (χ3v) is 5.75. The SMILES string of the molecule is c1cc(-n2c3ccccc3n3nccc23)cc(-n2c3ccccc3n3nccc23)c1. The molecule has 4 aromatic heterocycles. The fourth-order valence-electron chi connectivity index (χ4n) is 4.53. The van der Waals surface area contributed by atoms with Gasteiger partial charge in [-0.3, -0.25) is 9.13 Å². The van der Waals surface area contributed by atoms with Crippen LogP contribution in [-0.4, -0.2) is 28.4 Å². The van der Waals surface area contributed by atoms with Gasteiger partial charge in [-0.15, -0.1) is 0 Å². The Labute approximate surface area is 170 Å². The lowest BCUT2D eigenvalue weighted by molar-refractivity contribution is 0.987. The molecule has 0 atom stereocenters. The lowest BCUT2D eigenvalue weighted by Crippen LogP contribution is -1.98. The maximum absolute atomic E-state index is 4.52. The van der Waals surface area contributed by atoms with Gasteiger partial charge < -0.3 is 0 Å². The Balaban J connectivity index is 1.55. The van der Waals surface area contributed by atoms with Crippen LogP contribution in [0.3, 0.4) is 0 Å². The molecular weight excluding hydrogens is 372 g/mol. The highest BCUT2D eigenvalue weighted by molar-refractivity contribution is 5.86. The van der Waals surface area contributed by atoms with E-state index in [9.17, 15) is 0 Å². The van der Waals surface area contributed by atoms with Gasteiger partial charge in [0, 0.05) is 23.5 Å². The van der Waals surface area contributed by atoms with Gasteiger partial charge in [-0.25, -0.2) is 9.03 Å². The quantitative estimate of drug-likeness (QED) is 0.424. The van der Waals surface area contributed by atoms with Crippen LogP contribution in [0.1, 0.15) is 0 Å². The summed E-state index contributed by atoms with van der Waals surface area (Å²) in [4.78, 5) is 0. The van der Waals surface area contributed by atoms with Crippen LogP contribution in [0, 0.1) is 0 Å².